The predicted octanol–water partition coefficient (Wildman–Crippen LogP) is 3.40. The zero-order valence-corrected chi connectivity index (χ0v) is 14.9. The van der Waals surface area contributed by atoms with Crippen molar-refractivity contribution in [2.45, 2.75) is 13.0 Å². The van der Waals surface area contributed by atoms with Crippen LogP contribution in [0.2, 0.25) is 0 Å². The van der Waals surface area contributed by atoms with E-state index < -0.39 is 0 Å². The molecule has 0 saturated carbocycles. The average molecular weight is 354 g/mol. The van der Waals surface area contributed by atoms with E-state index in [1.807, 2.05) is 30.3 Å². The first-order valence-electron chi connectivity index (χ1n) is 8.34. The van der Waals surface area contributed by atoms with Gasteiger partial charge in [-0.2, -0.15) is 0 Å². The van der Waals surface area contributed by atoms with Gasteiger partial charge in [0.2, 0.25) is 0 Å². The van der Waals surface area contributed by atoms with Crippen LogP contribution in [-0.2, 0) is 13.0 Å². The highest BCUT2D eigenvalue weighted by atomic mass is 16.5. The standard InChI is InChI=1S/C20H22N2O4/c1-24-18-10-16(20-12-22-13-26-20)19(25-2)9-14(18)7-8-21-11-15-5-3-4-6-17(15)23/h3-6,9-10,12-13,21,23H,7-8,11H2,1-2H3. The molecule has 3 rings (SSSR count). The highest BCUT2D eigenvalue weighted by Gasteiger charge is 2.15. The lowest BCUT2D eigenvalue weighted by molar-refractivity contribution is 0.398. The Morgan fingerprint density at radius 1 is 1.08 bits per heavy atom. The molecule has 2 aromatic carbocycles. The van der Waals surface area contributed by atoms with Gasteiger partial charge in [0, 0.05) is 12.1 Å². The average Bonchev–Trinajstić information content (AvgIpc) is 3.20. The van der Waals surface area contributed by atoms with E-state index in [2.05, 4.69) is 10.3 Å². The van der Waals surface area contributed by atoms with Crippen LogP contribution in [-0.4, -0.2) is 30.9 Å². The van der Waals surface area contributed by atoms with Gasteiger partial charge in [0.15, 0.2) is 12.2 Å². The van der Waals surface area contributed by atoms with Crippen molar-refractivity contribution < 1.29 is 19.0 Å². The summed E-state index contributed by atoms with van der Waals surface area (Å²) in [5.74, 6) is 2.40. The van der Waals surface area contributed by atoms with Crippen LogP contribution >= 0.6 is 0 Å². The number of benzene rings is 2. The molecule has 0 radical (unpaired) electrons. The minimum absolute atomic E-state index is 0.302. The Bertz CT molecular complexity index is 847. The SMILES string of the molecule is COc1cc(-c2cnco2)c(OC)cc1CCNCc1ccccc1O. The number of methoxy groups -OCH3 is 2. The Hall–Kier alpha value is -2.99. The van der Waals surface area contributed by atoms with Crippen LogP contribution in [0.5, 0.6) is 17.2 Å². The zero-order chi connectivity index (χ0) is 18.4. The summed E-state index contributed by atoms with van der Waals surface area (Å²) in [6.07, 6.45) is 3.78. The maximum absolute atomic E-state index is 9.81. The number of para-hydroxylation sites is 1. The molecule has 0 aliphatic heterocycles. The van der Waals surface area contributed by atoms with Crippen LogP contribution in [0.15, 0.2) is 53.4 Å². The number of oxazole rings is 1. The fourth-order valence-electron chi connectivity index (χ4n) is 2.80. The molecule has 3 aromatic rings. The van der Waals surface area contributed by atoms with Crippen LogP contribution in [0.25, 0.3) is 11.3 Å². The predicted molar refractivity (Wildman–Crippen MR) is 98.6 cm³/mol. The third kappa shape index (κ3) is 3.97. The molecule has 1 aromatic heterocycles. The monoisotopic (exact) mass is 354 g/mol. The normalized spacial score (nSPS) is 10.7. The van der Waals surface area contributed by atoms with Crippen LogP contribution in [0.4, 0.5) is 0 Å². The largest absolute Gasteiger partial charge is 0.508 e. The fraction of sp³-hybridized carbons (Fsp3) is 0.250. The second-order valence-electron chi connectivity index (χ2n) is 5.79. The summed E-state index contributed by atoms with van der Waals surface area (Å²) < 4.78 is 16.4. The van der Waals surface area contributed by atoms with Crippen LogP contribution < -0.4 is 14.8 Å². The first-order chi connectivity index (χ1) is 12.7. The summed E-state index contributed by atoms with van der Waals surface area (Å²) in [7, 11) is 3.27. The lowest BCUT2D eigenvalue weighted by Crippen LogP contribution is -2.17. The van der Waals surface area contributed by atoms with Crippen LogP contribution in [0.3, 0.4) is 0 Å². The summed E-state index contributed by atoms with van der Waals surface area (Å²) in [4.78, 5) is 3.95. The molecule has 0 aliphatic rings. The number of hydrogen-bond acceptors (Lipinski definition) is 6. The Kier molecular flexibility index (Phi) is 5.76. The molecule has 0 aliphatic carbocycles. The molecule has 136 valence electrons. The highest BCUT2D eigenvalue weighted by molar-refractivity contribution is 5.68. The number of phenols is 1. The number of rotatable bonds is 8. The van der Waals surface area contributed by atoms with Crippen molar-refractivity contribution in [2.24, 2.45) is 0 Å². The van der Waals surface area contributed by atoms with E-state index in [1.165, 1.54) is 6.39 Å². The molecule has 6 nitrogen and oxygen atoms in total. The van der Waals surface area contributed by atoms with Crippen molar-refractivity contribution in [3.8, 4) is 28.6 Å². The van der Waals surface area contributed by atoms with Crippen molar-refractivity contribution in [1.29, 1.82) is 0 Å². The van der Waals surface area contributed by atoms with Gasteiger partial charge in [-0.1, -0.05) is 18.2 Å². The number of hydrogen-bond donors (Lipinski definition) is 2. The third-order valence-corrected chi connectivity index (χ3v) is 4.18. The van der Waals surface area contributed by atoms with Crippen LogP contribution in [0.1, 0.15) is 11.1 Å². The number of aromatic nitrogens is 1. The van der Waals surface area contributed by atoms with E-state index in [0.29, 0.717) is 23.8 Å². The lowest BCUT2D eigenvalue weighted by atomic mass is 10.0. The Balaban J connectivity index is 1.70. The maximum atomic E-state index is 9.81. The molecular weight excluding hydrogens is 332 g/mol. The van der Waals surface area contributed by atoms with E-state index in [4.69, 9.17) is 13.9 Å². The quantitative estimate of drug-likeness (QED) is 0.604. The summed E-state index contributed by atoms with van der Waals surface area (Å²) in [6.45, 7) is 1.33. The van der Waals surface area contributed by atoms with Gasteiger partial charge >= 0.3 is 0 Å². The van der Waals surface area contributed by atoms with Crippen molar-refractivity contribution in [3.63, 3.8) is 0 Å². The Labute approximate surface area is 152 Å². The first kappa shape index (κ1) is 17.8. The fourth-order valence-corrected chi connectivity index (χ4v) is 2.80. The second-order valence-corrected chi connectivity index (χ2v) is 5.79. The van der Waals surface area contributed by atoms with Gasteiger partial charge < -0.3 is 24.3 Å². The van der Waals surface area contributed by atoms with E-state index in [0.717, 1.165) is 35.4 Å². The van der Waals surface area contributed by atoms with Crippen molar-refractivity contribution >= 4 is 0 Å². The van der Waals surface area contributed by atoms with Gasteiger partial charge in [-0.05, 0) is 36.7 Å². The lowest BCUT2D eigenvalue weighted by Gasteiger charge is -2.14. The van der Waals surface area contributed by atoms with Gasteiger partial charge in [0.1, 0.15) is 17.2 Å². The number of phenolic OH excluding ortho intramolecular Hbond substituents is 1. The van der Waals surface area contributed by atoms with Gasteiger partial charge in [-0.15, -0.1) is 0 Å². The number of nitrogens with one attached hydrogen (secondary N) is 1. The molecule has 2 N–H and O–H groups in total. The molecule has 0 spiro atoms. The molecule has 0 bridgehead atoms. The minimum atomic E-state index is 0.302. The topological polar surface area (TPSA) is 76.8 Å². The van der Waals surface area contributed by atoms with E-state index in [9.17, 15) is 5.11 Å². The molecule has 0 fully saturated rings. The summed E-state index contributed by atoms with van der Waals surface area (Å²) in [6, 6.07) is 11.2. The van der Waals surface area contributed by atoms with E-state index in [1.54, 1.807) is 26.5 Å². The van der Waals surface area contributed by atoms with Gasteiger partial charge in [-0.25, -0.2) is 4.98 Å². The Morgan fingerprint density at radius 2 is 1.88 bits per heavy atom. The number of aromatic hydroxyl groups is 1. The molecule has 0 amide bonds. The molecule has 0 atom stereocenters. The van der Waals surface area contributed by atoms with Crippen molar-refractivity contribution in [2.75, 3.05) is 20.8 Å². The third-order valence-electron chi connectivity index (χ3n) is 4.18. The molecule has 0 unspecified atom stereocenters. The van der Waals surface area contributed by atoms with Gasteiger partial charge in [0.05, 0.1) is 26.0 Å². The second kappa shape index (κ2) is 8.40. The van der Waals surface area contributed by atoms with Crippen LogP contribution in [0, 0.1) is 0 Å². The molecule has 0 saturated heterocycles. The molecule has 26 heavy (non-hydrogen) atoms. The molecule has 1 heterocycles. The summed E-state index contributed by atoms with van der Waals surface area (Å²) >= 11 is 0. The minimum Gasteiger partial charge on any atom is -0.508 e. The molecular formula is C20H22N2O4. The Morgan fingerprint density at radius 3 is 2.58 bits per heavy atom. The summed E-state index contributed by atoms with van der Waals surface area (Å²) in [5.41, 5.74) is 2.70. The molecule has 6 heteroatoms. The number of nitrogens with zero attached hydrogens (tertiary/aromatic N) is 1. The highest BCUT2D eigenvalue weighted by Crippen LogP contribution is 2.36. The smallest absolute Gasteiger partial charge is 0.181 e. The van der Waals surface area contributed by atoms with Gasteiger partial charge in [-0.3, -0.25) is 0 Å². The van der Waals surface area contributed by atoms with E-state index in [-0.39, 0.29) is 0 Å². The maximum Gasteiger partial charge on any atom is 0.181 e. The van der Waals surface area contributed by atoms with Crippen molar-refractivity contribution in [3.05, 3.63) is 60.1 Å². The zero-order valence-electron chi connectivity index (χ0n) is 14.9. The van der Waals surface area contributed by atoms with Gasteiger partial charge in [0.25, 0.3) is 0 Å². The number of ether oxygens (including phenoxy) is 2. The van der Waals surface area contributed by atoms with Crippen molar-refractivity contribution in [1.82, 2.24) is 10.3 Å². The first-order valence-corrected chi connectivity index (χ1v) is 8.34. The summed E-state index contributed by atoms with van der Waals surface area (Å²) in [5, 5.41) is 13.1. The van der Waals surface area contributed by atoms with E-state index >= 15 is 0 Å².